The molecule has 0 atom stereocenters. The van der Waals surface area contributed by atoms with Gasteiger partial charge in [0, 0.05) is 16.8 Å². The Morgan fingerprint density at radius 2 is 0.857 bits per heavy atom. The van der Waals surface area contributed by atoms with E-state index in [1.54, 1.807) is 0 Å². The van der Waals surface area contributed by atoms with Gasteiger partial charge in [-0.3, -0.25) is 4.79 Å². The molecule has 0 radical (unpaired) electrons. The lowest BCUT2D eigenvalue weighted by atomic mass is 9.62. The van der Waals surface area contributed by atoms with Gasteiger partial charge >= 0.3 is 0 Å². The summed E-state index contributed by atoms with van der Waals surface area (Å²) in [4.78, 5) is 18.3. The maximum atomic E-state index is 13.4. The van der Waals surface area contributed by atoms with Crippen LogP contribution < -0.4 is 15.2 Å². The van der Waals surface area contributed by atoms with E-state index in [1.807, 2.05) is 42.5 Å². The van der Waals surface area contributed by atoms with E-state index in [0.717, 1.165) is 33.9 Å². The Morgan fingerprint density at radius 3 is 1.51 bits per heavy atom. The van der Waals surface area contributed by atoms with E-state index in [0.29, 0.717) is 21.9 Å². The number of hydrogen-bond donors (Lipinski definition) is 0. The third-order valence-corrected chi connectivity index (χ3v) is 13.5. The molecule has 0 aliphatic carbocycles. The van der Waals surface area contributed by atoms with E-state index in [1.165, 1.54) is 44.8 Å². The summed E-state index contributed by atoms with van der Waals surface area (Å²) in [5.41, 5.74) is 16.5. The molecule has 0 unspecified atom stereocenters. The van der Waals surface area contributed by atoms with Crippen molar-refractivity contribution < 1.29 is 4.42 Å². The van der Waals surface area contributed by atoms with Crippen molar-refractivity contribution in [3.63, 3.8) is 0 Å². The molecule has 3 heterocycles. The second kappa shape index (κ2) is 14.1. The highest BCUT2D eigenvalue weighted by molar-refractivity contribution is 5.95. The summed E-state index contributed by atoms with van der Waals surface area (Å²) in [5, 5.41) is 1.17. The molecule has 10 aromatic rings. The third-order valence-electron chi connectivity index (χ3n) is 13.5. The Kier molecular flexibility index (Phi) is 8.22. The van der Waals surface area contributed by atoms with E-state index in [9.17, 15) is 4.79 Å². The average molecular weight is 811 g/mol. The molecule has 0 bridgehead atoms. The van der Waals surface area contributed by atoms with Crippen molar-refractivity contribution in [1.82, 2.24) is 0 Å². The first-order valence-electron chi connectivity index (χ1n) is 21.6. The summed E-state index contributed by atoms with van der Waals surface area (Å²) in [6.45, 7) is 4.67. The fourth-order valence-corrected chi connectivity index (χ4v) is 10.6. The van der Waals surface area contributed by atoms with Crippen LogP contribution in [0.1, 0.15) is 47.2 Å². The summed E-state index contributed by atoms with van der Waals surface area (Å²) < 4.78 is 6.28. The van der Waals surface area contributed by atoms with E-state index in [2.05, 4.69) is 200 Å². The Labute approximate surface area is 366 Å². The van der Waals surface area contributed by atoms with Gasteiger partial charge in [-0.1, -0.05) is 166 Å². The zero-order chi connectivity index (χ0) is 42.3. The predicted molar refractivity (Wildman–Crippen MR) is 259 cm³/mol. The minimum Gasteiger partial charge on any atom is -0.456 e. The van der Waals surface area contributed by atoms with E-state index < -0.39 is 5.41 Å². The molecule has 4 nitrogen and oxygen atoms in total. The van der Waals surface area contributed by atoms with Crippen molar-refractivity contribution in [2.24, 2.45) is 0 Å². The zero-order valence-corrected chi connectivity index (χ0v) is 35.0. The zero-order valence-electron chi connectivity index (χ0n) is 35.0. The molecule has 63 heavy (non-hydrogen) atoms. The fourth-order valence-electron chi connectivity index (χ4n) is 10.6. The number of hydrogen-bond acceptors (Lipinski definition) is 4. The molecule has 0 saturated carbocycles. The number of rotatable bonds is 5. The summed E-state index contributed by atoms with van der Waals surface area (Å²) >= 11 is 0. The van der Waals surface area contributed by atoms with Crippen molar-refractivity contribution in [3.8, 4) is 11.1 Å². The van der Waals surface area contributed by atoms with Gasteiger partial charge in [0.2, 0.25) is 5.43 Å². The van der Waals surface area contributed by atoms with Gasteiger partial charge in [0.05, 0.1) is 38.9 Å². The van der Waals surface area contributed by atoms with Crippen molar-refractivity contribution in [3.05, 3.63) is 262 Å². The van der Waals surface area contributed by atoms with Gasteiger partial charge in [-0.05, 0) is 111 Å². The van der Waals surface area contributed by atoms with Crippen LogP contribution in [-0.2, 0) is 10.8 Å². The Balaban J connectivity index is 1.09. The van der Waals surface area contributed by atoms with E-state index in [-0.39, 0.29) is 10.8 Å². The molecule has 0 spiro atoms. The number of nitrogens with zero attached hydrogens (tertiary/aromatic N) is 2. The van der Waals surface area contributed by atoms with Crippen LogP contribution in [0.2, 0.25) is 0 Å². The Hall–Kier alpha value is -7.95. The number of anilines is 6. The fraction of sp³-hybridized carbons (Fsp3) is 0.0678. The van der Waals surface area contributed by atoms with Gasteiger partial charge in [0.15, 0.2) is 0 Å². The standard InChI is InChI=1S/C59H42N2O2/c1-58(2)47-22-10-13-25-51(47)61(52-26-14-11-23-48(52)58)44-34-36-50-54(38-44)60(53-27-15-12-24-49(53)59(50,41-17-5-3-6-18-41)42-19-7-4-8-20-42)43-32-29-39(30-33-43)40-31-35-46-56(37-40)63-55-28-16-9-21-45(55)57(46)62/h3-38H,1-2H3. The molecule has 0 saturated heterocycles. The van der Waals surface area contributed by atoms with Crippen LogP contribution in [0.4, 0.5) is 34.1 Å². The molecule has 0 fully saturated rings. The molecule has 4 heteroatoms. The number of benzene rings is 9. The van der Waals surface area contributed by atoms with E-state index in [4.69, 9.17) is 4.42 Å². The Morgan fingerprint density at radius 1 is 0.381 bits per heavy atom. The van der Waals surface area contributed by atoms with Crippen molar-refractivity contribution >= 4 is 56.1 Å². The van der Waals surface area contributed by atoms with Crippen molar-refractivity contribution in [2.75, 3.05) is 9.80 Å². The minimum atomic E-state index is -0.623. The van der Waals surface area contributed by atoms with Crippen LogP contribution in [0, 0.1) is 0 Å². The molecule has 1 aromatic heterocycles. The van der Waals surface area contributed by atoms with Crippen LogP contribution in [0.3, 0.4) is 0 Å². The maximum absolute atomic E-state index is 13.4. The minimum absolute atomic E-state index is 0.0159. The third kappa shape index (κ3) is 5.44. The lowest BCUT2D eigenvalue weighted by Gasteiger charge is -2.47. The largest absolute Gasteiger partial charge is 0.456 e. The predicted octanol–water partition coefficient (Wildman–Crippen LogP) is 14.9. The van der Waals surface area contributed by atoms with Gasteiger partial charge in [-0.15, -0.1) is 0 Å². The van der Waals surface area contributed by atoms with Gasteiger partial charge < -0.3 is 14.2 Å². The van der Waals surface area contributed by atoms with Crippen LogP contribution in [0.25, 0.3) is 33.1 Å². The van der Waals surface area contributed by atoms with E-state index >= 15 is 0 Å². The molecular weight excluding hydrogens is 769 g/mol. The average Bonchev–Trinajstić information content (AvgIpc) is 3.34. The normalized spacial score (nSPS) is 14.4. The van der Waals surface area contributed by atoms with Gasteiger partial charge in [0.1, 0.15) is 11.2 Å². The van der Waals surface area contributed by atoms with Gasteiger partial charge in [0.25, 0.3) is 0 Å². The lowest BCUT2D eigenvalue weighted by molar-refractivity contribution is 0.632. The molecular formula is C59H42N2O2. The first kappa shape index (κ1) is 36.9. The highest BCUT2D eigenvalue weighted by atomic mass is 16.3. The highest BCUT2D eigenvalue weighted by Gasteiger charge is 2.47. The quantitative estimate of drug-likeness (QED) is 0.162. The van der Waals surface area contributed by atoms with Crippen molar-refractivity contribution in [2.45, 2.75) is 24.7 Å². The molecule has 2 aliphatic rings. The second-order valence-electron chi connectivity index (χ2n) is 17.2. The molecule has 9 aromatic carbocycles. The summed E-state index contributed by atoms with van der Waals surface area (Å²) in [6.07, 6.45) is 0. The molecule has 0 N–H and O–H groups in total. The van der Waals surface area contributed by atoms with Gasteiger partial charge in [-0.2, -0.15) is 0 Å². The SMILES string of the molecule is CC1(C)c2ccccc2N(c2ccc3c(c2)N(c2ccc(-c4ccc5c(=O)c6ccccc6oc5c4)cc2)c2ccccc2C3(c2ccccc2)c2ccccc2)c2ccccc21. The Bertz CT molecular complexity index is 3370. The second-order valence-corrected chi connectivity index (χ2v) is 17.2. The summed E-state index contributed by atoms with van der Waals surface area (Å²) in [7, 11) is 0. The van der Waals surface area contributed by atoms with Crippen LogP contribution >= 0.6 is 0 Å². The summed E-state index contributed by atoms with van der Waals surface area (Å²) in [5.74, 6) is 0. The molecule has 300 valence electrons. The first-order chi connectivity index (χ1) is 30.9. The van der Waals surface area contributed by atoms with Crippen LogP contribution in [-0.4, -0.2) is 0 Å². The smallest absolute Gasteiger partial charge is 0.200 e. The number of fused-ring (bicyclic) bond motifs is 6. The summed E-state index contributed by atoms with van der Waals surface area (Å²) in [6, 6.07) is 77.8. The molecule has 0 amide bonds. The van der Waals surface area contributed by atoms with Gasteiger partial charge in [-0.25, -0.2) is 0 Å². The maximum Gasteiger partial charge on any atom is 0.200 e. The van der Waals surface area contributed by atoms with Crippen LogP contribution in [0.15, 0.2) is 228 Å². The highest BCUT2D eigenvalue weighted by Crippen LogP contribution is 2.60. The molecule has 12 rings (SSSR count). The monoisotopic (exact) mass is 810 g/mol. The first-order valence-corrected chi connectivity index (χ1v) is 21.6. The number of para-hydroxylation sites is 4. The lowest BCUT2D eigenvalue weighted by Crippen LogP contribution is -2.38. The van der Waals surface area contributed by atoms with Crippen LogP contribution in [0.5, 0.6) is 0 Å². The topological polar surface area (TPSA) is 36.7 Å². The van der Waals surface area contributed by atoms with Crippen molar-refractivity contribution in [1.29, 1.82) is 0 Å². The molecule has 2 aliphatic heterocycles.